The molecule has 0 aliphatic carbocycles. The van der Waals surface area contributed by atoms with Crippen molar-refractivity contribution in [3.63, 3.8) is 0 Å². The number of ether oxygens (including phenoxy) is 3. The second kappa shape index (κ2) is 12.9. The summed E-state index contributed by atoms with van der Waals surface area (Å²) in [6, 6.07) is 0. The van der Waals surface area contributed by atoms with Crippen molar-refractivity contribution in [1.82, 2.24) is 24.5 Å². The van der Waals surface area contributed by atoms with Crippen molar-refractivity contribution >= 4 is 16.1 Å². The van der Waals surface area contributed by atoms with Crippen molar-refractivity contribution in [3.8, 4) is 0 Å². The number of nitrogens with zero attached hydrogens (tertiary/aromatic N) is 6. The molecule has 0 N–H and O–H groups in total. The molecule has 3 heterocycles. The molecule has 0 bridgehead atoms. The molecule has 2 atom stereocenters. The van der Waals surface area contributed by atoms with Crippen LogP contribution in [0, 0.1) is 10.1 Å². The molecule has 2 aromatic heterocycles. The summed E-state index contributed by atoms with van der Waals surface area (Å²) >= 11 is 0. The Hall–Kier alpha value is -2.46. The monoisotopic (exact) mass is 502 g/mol. The van der Waals surface area contributed by atoms with E-state index >= 15 is 0 Å². The summed E-state index contributed by atoms with van der Waals surface area (Å²) in [7, 11) is -3.87. The third-order valence-corrected chi connectivity index (χ3v) is 6.28. The number of aryl methyl sites for hydroxylation is 1. The molecule has 0 spiro atoms. The van der Waals surface area contributed by atoms with Crippen LogP contribution in [-0.4, -0.2) is 75.9 Å². The van der Waals surface area contributed by atoms with Crippen LogP contribution in [0.15, 0.2) is 18.6 Å². The lowest BCUT2D eigenvalue weighted by molar-refractivity contribution is -0.397. The van der Waals surface area contributed by atoms with Crippen LogP contribution in [0.3, 0.4) is 0 Å². The first-order valence-corrected chi connectivity index (χ1v) is 12.7. The third kappa shape index (κ3) is 8.39. The Morgan fingerprint density at radius 2 is 2.24 bits per heavy atom. The zero-order valence-corrected chi connectivity index (χ0v) is 19.8. The Kier molecular flexibility index (Phi) is 9.88. The highest BCUT2D eigenvalue weighted by molar-refractivity contribution is 7.86. The summed E-state index contributed by atoms with van der Waals surface area (Å²) in [6.07, 6.45) is 5.87. The second-order valence-corrected chi connectivity index (χ2v) is 9.46. The largest absolute Gasteiger partial charge is 0.434 e. The normalized spacial score (nSPS) is 17.6. The molecule has 0 saturated carbocycles. The van der Waals surface area contributed by atoms with Gasteiger partial charge in [-0.1, -0.05) is 10.2 Å². The minimum absolute atomic E-state index is 0.00669. The molecule has 1 aliphatic rings. The van der Waals surface area contributed by atoms with Crippen molar-refractivity contribution in [2.24, 2.45) is 0 Å². The number of hydrogen-bond acceptors (Lipinski definition) is 11. The molecular weight excluding hydrogens is 472 g/mol. The molecule has 15 heteroatoms. The highest BCUT2D eigenvalue weighted by Gasteiger charge is 2.26. The van der Waals surface area contributed by atoms with Crippen molar-refractivity contribution in [3.05, 3.63) is 34.4 Å². The minimum Gasteiger partial charge on any atom is -0.390 e. The molecule has 1 aliphatic heterocycles. The van der Waals surface area contributed by atoms with E-state index in [-0.39, 0.29) is 31.3 Å². The molecule has 1 saturated heterocycles. The molecule has 34 heavy (non-hydrogen) atoms. The zero-order valence-electron chi connectivity index (χ0n) is 19.0. The number of rotatable bonds is 15. The predicted octanol–water partition coefficient (Wildman–Crippen LogP) is 1.27. The van der Waals surface area contributed by atoms with Crippen LogP contribution >= 0.6 is 0 Å². The highest BCUT2D eigenvalue weighted by atomic mass is 32.2. The molecule has 190 valence electrons. The Balaban J connectivity index is 1.52. The molecule has 1 fully saturated rings. The fourth-order valence-electron chi connectivity index (χ4n) is 3.37. The molecule has 0 aromatic carbocycles. The van der Waals surface area contributed by atoms with Crippen LogP contribution in [0.4, 0.5) is 5.95 Å². The lowest BCUT2D eigenvalue weighted by atomic mass is 10.2. The molecule has 3 rings (SSSR count). The third-order valence-electron chi connectivity index (χ3n) is 4.99. The Morgan fingerprint density at radius 3 is 2.97 bits per heavy atom. The maximum absolute atomic E-state index is 12.4. The van der Waals surface area contributed by atoms with E-state index in [0.717, 1.165) is 12.8 Å². The van der Waals surface area contributed by atoms with Gasteiger partial charge in [0.05, 0.1) is 25.2 Å². The van der Waals surface area contributed by atoms with Crippen LogP contribution in [-0.2, 0) is 48.2 Å². The van der Waals surface area contributed by atoms with Crippen LogP contribution < -0.4 is 0 Å². The van der Waals surface area contributed by atoms with E-state index in [1.165, 1.54) is 17.0 Å². The van der Waals surface area contributed by atoms with Crippen molar-refractivity contribution in [1.29, 1.82) is 0 Å². The standard InChI is InChI=1S/C19H30N6O8S/c1-2-30-14-16-12-24(22-21-16)8-5-11-34(28,29)32-15-17(33-18-6-3-4-10-31-18)13-23-9-7-20-19(23)25(26)27/h7,9,12,17-18H,2-6,8,10-11,13-15H2,1H3. The van der Waals surface area contributed by atoms with Gasteiger partial charge in [0.25, 0.3) is 10.1 Å². The highest BCUT2D eigenvalue weighted by Crippen LogP contribution is 2.18. The van der Waals surface area contributed by atoms with Crippen molar-refractivity contribution in [2.75, 3.05) is 25.6 Å². The summed E-state index contributed by atoms with van der Waals surface area (Å²) in [5, 5.41) is 19.1. The Bertz CT molecular complexity index is 1000. The number of imidazole rings is 1. The van der Waals surface area contributed by atoms with Gasteiger partial charge in [-0.2, -0.15) is 8.42 Å². The van der Waals surface area contributed by atoms with Gasteiger partial charge < -0.3 is 24.3 Å². The quantitative estimate of drug-likeness (QED) is 0.196. The van der Waals surface area contributed by atoms with Crippen LogP contribution in [0.25, 0.3) is 0 Å². The van der Waals surface area contributed by atoms with Gasteiger partial charge in [0.2, 0.25) is 0 Å². The van der Waals surface area contributed by atoms with Gasteiger partial charge >= 0.3 is 5.95 Å². The molecule has 14 nitrogen and oxygen atoms in total. The van der Waals surface area contributed by atoms with Gasteiger partial charge in [-0.3, -0.25) is 8.86 Å². The van der Waals surface area contributed by atoms with Gasteiger partial charge in [-0.15, -0.1) is 5.10 Å². The maximum atomic E-state index is 12.4. The first kappa shape index (κ1) is 26.2. The first-order valence-electron chi connectivity index (χ1n) is 11.1. The minimum atomic E-state index is -3.87. The number of hydrogen-bond donors (Lipinski definition) is 0. The Labute approximate surface area is 197 Å². The molecule has 2 unspecified atom stereocenters. The fourth-order valence-corrected chi connectivity index (χ4v) is 4.33. The fraction of sp³-hybridized carbons (Fsp3) is 0.737. The average molecular weight is 503 g/mol. The SMILES string of the molecule is CCOCc1cn(CCCS(=O)(=O)OCC(Cn2ccnc2[N+](=O)[O-])OC2CCCCO2)nn1. The van der Waals surface area contributed by atoms with Crippen LogP contribution in [0.5, 0.6) is 0 Å². The summed E-state index contributed by atoms with van der Waals surface area (Å²) in [6.45, 7) is 3.36. The second-order valence-electron chi connectivity index (χ2n) is 7.70. The average Bonchev–Trinajstić information content (AvgIpc) is 3.46. The van der Waals surface area contributed by atoms with Gasteiger partial charge in [0.15, 0.2) is 6.29 Å². The summed E-state index contributed by atoms with van der Waals surface area (Å²) < 4.78 is 49.6. The van der Waals surface area contributed by atoms with Crippen LogP contribution in [0.2, 0.25) is 0 Å². The number of nitro groups is 1. The van der Waals surface area contributed by atoms with Crippen molar-refractivity contribution < 1.29 is 31.7 Å². The van der Waals surface area contributed by atoms with E-state index < -0.39 is 27.4 Å². The zero-order chi connectivity index (χ0) is 24.4. The summed E-state index contributed by atoms with van der Waals surface area (Å²) in [5.41, 5.74) is 0.666. The van der Waals surface area contributed by atoms with E-state index in [0.29, 0.717) is 38.5 Å². The summed E-state index contributed by atoms with van der Waals surface area (Å²) in [4.78, 5) is 14.3. The maximum Gasteiger partial charge on any atom is 0.434 e. The lowest BCUT2D eigenvalue weighted by Crippen LogP contribution is -2.34. The van der Waals surface area contributed by atoms with Crippen LogP contribution in [0.1, 0.15) is 38.3 Å². The topological polar surface area (TPSA) is 163 Å². The van der Waals surface area contributed by atoms with Gasteiger partial charge in [-0.05, 0) is 37.5 Å². The smallest absolute Gasteiger partial charge is 0.390 e. The lowest BCUT2D eigenvalue weighted by Gasteiger charge is -2.27. The Morgan fingerprint density at radius 1 is 1.38 bits per heavy atom. The van der Waals surface area contributed by atoms with E-state index in [4.69, 9.17) is 18.4 Å². The molecule has 2 aromatic rings. The van der Waals surface area contributed by atoms with Gasteiger partial charge in [0.1, 0.15) is 30.7 Å². The van der Waals surface area contributed by atoms with Gasteiger partial charge in [0, 0.05) is 19.8 Å². The van der Waals surface area contributed by atoms with E-state index in [1.54, 1.807) is 10.9 Å². The molecular formula is C19H30N6O8S. The predicted molar refractivity (Wildman–Crippen MR) is 117 cm³/mol. The van der Waals surface area contributed by atoms with E-state index in [2.05, 4.69) is 15.3 Å². The van der Waals surface area contributed by atoms with Crippen molar-refractivity contribution in [2.45, 2.75) is 64.7 Å². The molecule has 0 amide bonds. The van der Waals surface area contributed by atoms with E-state index in [9.17, 15) is 18.5 Å². The van der Waals surface area contributed by atoms with E-state index in [1.807, 2.05) is 6.92 Å². The first-order chi connectivity index (χ1) is 16.4. The number of aromatic nitrogens is 5. The molecule has 0 radical (unpaired) electrons. The van der Waals surface area contributed by atoms with Gasteiger partial charge in [-0.25, -0.2) is 4.57 Å². The summed E-state index contributed by atoms with van der Waals surface area (Å²) in [5.74, 6) is -0.594.